The number of amides is 1. The van der Waals surface area contributed by atoms with Gasteiger partial charge in [-0.05, 0) is 54.1 Å². The second-order valence-electron chi connectivity index (χ2n) is 6.36. The minimum absolute atomic E-state index is 0.000387. The van der Waals surface area contributed by atoms with Crippen molar-refractivity contribution in [2.24, 2.45) is 5.10 Å². The Morgan fingerprint density at radius 3 is 1.88 bits per heavy atom. The standard InChI is InChI=1S/C20H14N4O8S/c25-20(15-3-5-16(6-4-15)23(26)27)22-21-13-14-1-9-18(10-2-14)32-33(30,31)19-11-7-17(8-12-19)24(28)29/h1-13H,(H,22,25)/b21-13-. The lowest BCUT2D eigenvalue weighted by atomic mass is 10.2. The van der Waals surface area contributed by atoms with Crippen molar-refractivity contribution in [1.29, 1.82) is 0 Å². The van der Waals surface area contributed by atoms with Crippen molar-refractivity contribution in [2.75, 3.05) is 0 Å². The topological polar surface area (TPSA) is 171 Å². The largest absolute Gasteiger partial charge is 0.379 e. The summed E-state index contributed by atoms with van der Waals surface area (Å²) in [4.78, 5) is 31.8. The van der Waals surface area contributed by atoms with Gasteiger partial charge in [0.25, 0.3) is 17.3 Å². The lowest BCUT2D eigenvalue weighted by Crippen LogP contribution is -2.17. The molecule has 0 heterocycles. The van der Waals surface area contributed by atoms with Crippen LogP contribution in [-0.2, 0) is 10.1 Å². The maximum Gasteiger partial charge on any atom is 0.339 e. The number of non-ortho nitro benzene ring substituents is 2. The van der Waals surface area contributed by atoms with E-state index < -0.39 is 25.9 Å². The molecule has 0 fully saturated rings. The van der Waals surface area contributed by atoms with Crippen molar-refractivity contribution in [2.45, 2.75) is 4.90 Å². The molecule has 0 aliphatic heterocycles. The molecule has 0 aliphatic rings. The fourth-order valence-electron chi connectivity index (χ4n) is 2.48. The third-order valence-corrected chi connectivity index (χ3v) is 5.40. The molecule has 0 aliphatic carbocycles. The summed E-state index contributed by atoms with van der Waals surface area (Å²) in [6.45, 7) is 0. The van der Waals surface area contributed by atoms with E-state index in [9.17, 15) is 33.4 Å². The highest BCUT2D eigenvalue weighted by Crippen LogP contribution is 2.21. The molecule has 0 unspecified atom stereocenters. The number of nitrogens with zero attached hydrogens (tertiary/aromatic N) is 3. The van der Waals surface area contributed by atoms with Crippen LogP contribution in [0, 0.1) is 20.2 Å². The Bertz CT molecular complexity index is 1320. The first-order chi connectivity index (χ1) is 15.7. The van der Waals surface area contributed by atoms with Gasteiger partial charge >= 0.3 is 10.1 Å². The molecule has 1 amide bonds. The van der Waals surface area contributed by atoms with Gasteiger partial charge in [-0.1, -0.05) is 0 Å². The Balaban J connectivity index is 1.60. The first-order valence-electron chi connectivity index (χ1n) is 9.02. The molecule has 0 spiro atoms. The van der Waals surface area contributed by atoms with Crippen LogP contribution in [0.25, 0.3) is 0 Å². The predicted molar refractivity (Wildman–Crippen MR) is 116 cm³/mol. The highest BCUT2D eigenvalue weighted by atomic mass is 32.2. The molecule has 0 saturated carbocycles. The summed E-state index contributed by atoms with van der Waals surface area (Å²) >= 11 is 0. The van der Waals surface area contributed by atoms with E-state index in [0.29, 0.717) is 5.56 Å². The van der Waals surface area contributed by atoms with Gasteiger partial charge < -0.3 is 4.18 Å². The maximum absolute atomic E-state index is 12.3. The van der Waals surface area contributed by atoms with E-state index in [-0.39, 0.29) is 27.6 Å². The molecule has 1 N–H and O–H groups in total. The third-order valence-electron chi connectivity index (χ3n) is 4.14. The summed E-state index contributed by atoms with van der Waals surface area (Å²) in [6.07, 6.45) is 1.30. The Hall–Kier alpha value is -4.65. The number of nitro groups is 2. The summed E-state index contributed by atoms with van der Waals surface area (Å²) in [7, 11) is -4.19. The Kier molecular flexibility index (Phi) is 6.74. The molecule has 0 aromatic heterocycles. The first-order valence-corrected chi connectivity index (χ1v) is 10.4. The van der Waals surface area contributed by atoms with E-state index in [1.54, 1.807) is 0 Å². The molecule has 3 aromatic carbocycles. The van der Waals surface area contributed by atoms with Gasteiger partial charge in [0, 0.05) is 29.8 Å². The molecule has 12 nitrogen and oxygen atoms in total. The normalized spacial score (nSPS) is 11.2. The van der Waals surface area contributed by atoms with Gasteiger partial charge in [-0.3, -0.25) is 25.0 Å². The van der Waals surface area contributed by atoms with E-state index in [4.69, 9.17) is 4.18 Å². The van der Waals surface area contributed by atoms with Gasteiger partial charge in [0.1, 0.15) is 10.6 Å². The third kappa shape index (κ3) is 5.95. The molecule has 0 atom stereocenters. The van der Waals surface area contributed by atoms with E-state index >= 15 is 0 Å². The van der Waals surface area contributed by atoms with Crippen LogP contribution in [0.1, 0.15) is 15.9 Å². The fraction of sp³-hybridized carbons (Fsp3) is 0. The maximum atomic E-state index is 12.3. The van der Waals surface area contributed by atoms with E-state index in [1.165, 1.54) is 54.7 Å². The van der Waals surface area contributed by atoms with Gasteiger partial charge in [-0.2, -0.15) is 13.5 Å². The first kappa shape index (κ1) is 23.0. The number of hydrogen-bond donors (Lipinski definition) is 1. The smallest absolute Gasteiger partial charge is 0.339 e. The Morgan fingerprint density at radius 2 is 1.36 bits per heavy atom. The number of nitro benzene ring substituents is 2. The highest BCUT2D eigenvalue weighted by Gasteiger charge is 2.18. The quantitative estimate of drug-likeness (QED) is 0.226. The van der Waals surface area contributed by atoms with E-state index in [1.807, 2.05) is 0 Å². The fourth-order valence-corrected chi connectivity index (χ4v) is 3.41. The number of carbonyl (C=O) groups excluding carboxylic acids is 1. The summed E-state index contributed by atoms with van der Waals surface area (Å²) in [6, 6.07) is 14.9. The predicted octanol–water partition coefficient (Wildman–Crippen LogP) is 3.03. The lowest BCUT2D eigenvalue weighted by molar-refractivity contribution is -0.385. The zero-order valence-corrected chi connectivity index (χ0v) is 17.3. The highest BCUT2D eigenvalue weighted by molar-refractivity contribution is 7.87. The van der Waals surface area contributed by atoms with Gasteiger partial charge in [-0.25, -0.2) is 5.43 Å². The van der Waals surface area contributed by atoms with Crippen LogP contribution in [0.15, 0.2) is 82.8 Å². The van der Waals surface area contributed by atoms with Crippen LogP contribution in [0.4, 0.5) is 11.4 Å². The van der Waals surface area contributed by atoms with Gasteiger partial charge in [-0.15, -0.1) is 0 Å². The molecular weight excluding hydrogens is 456 g/mol. The minimum Gasteiger partial charge on any atom is -0.379 e. The second-order valence-corrected chi connectivity index (χ2v) is 7.91. The molecule has 3 aromatic rings. The van der Waals surface area contributed by atoms with Crippen LogP contribution < -0.4 is 9.61 Å². The van der Waals surface area contributed by atoms with Crippen LogP contribution in [0.3, 0.4) is 0 Å². The average molecular weight is 470 g/mol. The average Bonchev–Trinajstić information content (AvgIpc) is 2.80. The molecule has 0 bridgehead atoms. The van der Waals surface area contributed by atoms with Crippen LogP contribution in [0.5, 0.6) is 5.75 Å². The van der Waals surface area contributed by atoms with Crippen molar-refractivity contribution >= 4 is 33.6 Å². The van der Waals surface area contributed by atoms with Crippen molar-refractivity contribution < 1.29 is 27.2 Å². The SMILES string of the molecule is O=C(N/N=C\c1ccc(OS(=O)(=O)c2ccc([N+](=O)[O-])cc2)cc1)c1ccc([N+](=O)[O-])cc1. The molecule has 0 radical (unpaired) electrons. The van der Waals surface area contributed by atoms with Crippen LogP contribution >= 0.6 is 0 Å². The number of nitrogens with one attached hydrogen (secondary N) is 1. The van der Waals surface area contributed by atoms with E-state index in [0.717, 1.165) is 24.3 Å². The van der Waals surface area contributed by atoms with Gasteiger partial charge in [0.15, 0.2) is 0 Å². The monoisotopic (exact) mass is 470 g/mol. The number of benzene rings is 3. The summed E-state index contributed by atoms with van der Waals surface area (Å²) < 4.78 is 29.6. The number of hydrazone groups is 1. The van der Waals surface area contributed by atoms with Crippen molar-refractivity contribution in [3.8, 4) is 5.75 Å². The number of carbonyl (C=O) groups is 1. The zero-order valence-electron chi connectivity index (χ0n) is 16.5. The number of rotatable bonds is 8. The zero-order chi connectivity index (χ0) is 24.0. The van der Waals surface area contributed by atoms with Crippen molar-refractivity contribution in [3.05, 3.63) is 104 Å². The molecular formula is C20H14N4O8S. The summed E-state index contributed by atoms with van der Waals surface area (Å²) in [5, 5.41) is 25.1. The lowest BCUT2D eigenvalue weighted by Gasteiger charge is -2.07. The van der Waals surface area contributed by atoms with E-state index in [2.05, 4.69) is 10.5 Å². The second kappa shape index (κ2) is 9.65. The summed E-state index contributed by atoms with van der Waals surface area (Å²) in [5.41, 5.74) is 2.56. The Labute approximate surface area is 186 Å². The van der Waals surface area contributed by atoms with Gasteiger partial charge in [0.05, 0.1) is 16.1 Å². The molecule has 33 heavy (non-hydrogen) atoms. The molecule has 13 heteroatoms. The van der Waals surface area contributed by atoms with Crippen molar-refractivity contribution in [1.82, 2.24) is 5.43 Å². The van der Waals surface area contributed by atoms with Crippen LogP contribution in [-0.4, -0.2) is 30.4 Å². The van der Waals surface area contributed by atoms with Crippen molar-refractivity contribution in [3.63, 3.8) is 0 Å². The Morgan fingerprint density at radius 1 is 0.848 bits per heavy atom. The van der Waals surface area contributed by atoms with Crippen LogP contribution in [0.2, 0.25) is 0 Å². The molecule has 0 saturated heterocycles. The number of hydrogen-bond acceptors (Lipinski definition) is 9. The summed E-state index contributed by atoms with van der Waals surface area (Å²) in [5.74, 6) is -0.573. The molecule has 168 valence electrons. The minimum atomic E-state index is -4.19. The molecule has 3 rings (SSSR count). The van der Waals surface area contributed by atoms with Gasteiger partial charge in [0.2, 0.25) is 0 Å².